The van der Waals surface area contributed by atoms with Gasteiger partial charge in [0.15, 0.2) is 0 Å². The maximum Gasteiger partial charge on any atom is 0.0747 e. The average molecular weight is 349 g/mol. The van der Waals surface area contributed by atoms with E-state index in [2.05, 4.69) is 51.1 Å². The molecule has 1 fully saturated rings. The molecule has 1 heterocycles. The van der Waals surface area contributed by atoms with Gasteiger partial charge in [-0.15, -0.1) is 0 Å². The van der Waals surface area contributed by atoms with Crippen molar-refractivity contribution in [2.45, 2.75) is 19.4 Å². The van der Waals surface area contributed by atoms with Gasteiger partial charge >= 0.3 is 0 Å². The summed E-state index contributed by atoms with van der Waals surface area (Å²) in [5, 5.41) is 1.18. The van der Waals surface area contributed by atoms with E-state index in [1.807, 2.05) is 12.3 Å². The van der Waals surface area contributed by atoms with Crippen molar-refractivity contribution in [1.82, 2.24) is 9.88 Å². The molecule has 0 atom stereocenters. The highest BCUT2D eigenvalue weighted by molar-refractivity contribution is 9.10. The van der Waals surface area contributed by atoms with Crippen LogP contribution in [-0.4, -0.2) is 36.7 Å². The minimum absolute atomic E-state index is 0.812. The van der Waals surface area contributed by atoms with Gasteiger partial charge in [0.05, 0.1) is 12.1 Å². The van der Waals surface area contributed by atoms with Crippen molar-refractivity contribution >= 4 is 26.8 Å². The van der Waals surface area contributed by atoms with Gasteiger partial charge in [-0.2, -0.15) is 0 Å². The van der Waals surface area contributed by atoms with E-state index >= 15 is 0 Å². The molecule has 112 valence electrons. The number of pyridine rings is 1. The van der Waals surface area contributed by atoms with Gasteiger partial charge in [-0.3, -0.25) is 9.88 Å². The normalized spacial score (nSPS) is 15.0. The van der Waals surface area contributed by atoms with Crippen LogP contribution in [0.3, 0.4) is 0 Å². The molecule has 1 aromatic heterocycles. The maximum absolute atomic E-state index is 5.71. The zero-order chi connectivity index (χ0) is 14.7. The van der Waals surface area contributed by atoms with Gasteiger partial charge in [-0.1, -0.05) is 22.0 Å². The highest BCUT2D eigenvalue weighted by Crippen LogP contribution is 2.28. The number of rotatable bonds is 7. The van der Waals surface area contributed by atoms with E-state index in [-0.39, 0.29) is 0 Å². The first-order valence-electron chi connectivity index (χ1n) is 7.52. The second kappa shape index (κ2) is 6.86. The number of fused-ring (bicyclic) bond motifs is 1. The van der Waals surface area contributed by atoms with Gasteiger partial charge in [0, 0.05) is 35.8 Å². The molecule has 4 heteroatoms. The predicted molar refractivity (Wildman–Crippen MR) is 89.3 cm³/mol. The van der Waals surface area contributed by atoms with Crippen LogP contribution < -0.4 is 0 Å². The highest BCUT2D eigenvalue weighted by Gasteiger charge is 2.21. The van der Waals surface area contributed by atoms with Crippen LogP contribution >= 0.6 is 15.9 Å². The smallest absolute Gasteiger partial charge is 0.0747 e. The number of ether oxygens (including phenoxy) is 1. The summed E-state index contributed by atoms with van der Waals surface area (Å²) in [6, 6.07) is 8.37. The van der Waals surface area contributed by atoms with E-state index in [0.717, 1.165) is 42.2 Å². The molecule has 0 saturated heterocycles. The van der Waals surface area contributed by atoms with Gasteiger partial charge < -0.3 is 4.74 Å². The molecule has 0 spiro atoms. The Hall–Kier alpha value is -0.970. The first kappa shape index (κ1) is 14.9. The zero-order valence-corrected chi connectivity index (χ0v) is 14.0. The zero-order valence-electron chi connectivity index (χ0n) is 12.4. The molecule has 21 heavy (non-hydrogen) atoms. The van der Waals surface area contributed by atoms with Crippen molar-refractivity contribution in [1.29, 1.82) is 0 Å². The highest BCUT2D eigenvalue weighted by atomic mass is 79.9. The Labute approximate surface area is 134 Å². The number of halogens is 1. The second-order valence-electron chi connectivity index (χ2n) is 5.90. The van der Waals surface area contributed by atoms with Crippen molar-refractivity contribution in [3.63, 3.8) is 0 Å². The molecule has 3 rings (SSSR count). The number of benzene rings is 1. The summed E-state index contributed by atoms with van der Waals surface area (Å²) in [7, 11) is 2.14. The van der Waals surface area contributed by atoms with Crippen LogP contribution in [0, 0.1) is 5.92 Å². The van der Waals surface area contributed by atoms with Gasteiger partial charge in [-0.05, 0) is 49.6 Å². The number of nitrogens with zero attached hydrogens (tertiary/aromatic N) is 2. The third kappa shape index (κ3) is 4.25. The third-order valence-corrected chi connectivity index (χ3v) is 4.31. The van der Waals surface area contributed by atoms with Crippen LogP contribution in [0.1, 0.15) is 18.4 Å². The molecule has 1 aliphatic carbocycles. The fraction of sp³-hybridized carbons (Fsp3) is 0.471. The second-order valence-corrected chi connectivity index (χ2v) is 6.81. The Balaban J connectivity index is 1.60. The van der Waals surface area contributed by atoms with Crippen molar-refractivity contribution in [3.8, 4) is 0 Å². The van der Waals surface area contributed by atoms with Crippen molar-refractivity contribution in [3.05, 3.63) is 40.5 Å². The molecule has 2 aromatic rings. The Morgan fingerprint density at radius 3 is 3.05 bits per heavy atom. The molecule has 1 aliphatic rings. The topological polar surface area (TPSA) is 25.4 Å². The van der Waals surface area contributed by atoms with Crippen molar-refractivity contribution in [2.75, 3.05) is 26.8 Å². The lowest BCUT2D eigenvalue weighted by atomic mass is 10.1. The molecule has 0 bridgehead atoms. The standard InChI is InChI=1S/C17H21BrN2O/c1-20(7-8-21-12-13-4-5-13)11-15-10-16(18)9-14-3-2-6-19-17(14)15/h2-3,6,9-10,13H,4-5,7-8,11-12H2,1H3. The van der Waals surface area contributed by atoms with Crippen LogP contribution in [0.25, 0.3) is 10.9 Å². The molecule has 3 nitrogen and oxygen atoms in total. The number of likely N-dealkylation sites (N-methyl/N-ethyl adjacent to an activating group) is 1. The Morgan fingerprint density at radius 2 is 2.24 bits per heavy atom. The summed E-state index contributed by atoms with van der Waals surface area (Å²) in [5.41, 5.74) is 2.34. The summed E-state index contributed by atoms with van der Waals surface area (Å²) in [6.45, 7) is 3.59. The fourth-order valence-electron chi connectivity index (χ4n) is 2.47. The maximum atomic E-state index is 5.71. The summed E-state index contributed by atoms with van der Waals surface area (Å²) < 4.78 is 6.82. The quantitative estimate of drug-likeness (QED) is 0.710. The van der Waals surface area contributed by atoms with Gasteiger partial charge in [0.1, 0.15) is 0 Å². The summed E-state index contributed by atoms with van der Waals surface area (Å²) in [4.78, 5) is 6.82. The van der Waals surface area contributed by atoms with Crippen LogP contribution in [0.4, 0.5) is 0 Å². The first-order valence-corrected chi connectivity index (χ1v) is 8.31. The first-order chi connectivity index (χ1) is 10.2. The molecular formula is C17H21BrN2O. The molecule has 1 saturated carbocycles. The van der Waals surface area contributed by atoms with Crippen LogP contribution in [0.5, 0.6) is 0 Å². The summed E-state index contributed by atoms with van der Waals surface area (Å²) >= 11 is 3.59. The molecule has 0 N–H and O–H groups in total. The van der Waals surface area contributed by atoms with Gasteiger partial charge in [-0.25, -0.2) is 0 Å². The van der Waals surface area contributed by atoms with Gasteiger partial charge in [0.25, 0.3) is 0 Å². The van der Waals surface area contributed by atoms with Gasteiger partial charge in [0.2, 0.25) is 0 Å². The molecule has 0 radical (unpaired) electrons. The SMILES string of the molecule is CN(CCOCC1CC1)Cc1cc(Br)cc2cccnc12. The Bertz CT molecular complexity index is 613. The van der Waals surface area contributed by atoms with E-state index in [1.165, 1.54) is 23.8 Å². The molecule has 0 unspecified atom stereocenters. The fourth-order valence-corrected chi connectivity index (χ4v) is 3.00. The Morgan fingerprint density at radius 1 is 1.38 bits per heavy atom. The summed E-state index contributed by atoms with van der Waals surface area (Å²) in [5.74, 6) is 0.841. The largest absolute Gasteiger partial charge is 0.380 e. The predicted octanol–water partition coefficient (Wildman–Crippen LogP) is 3.86. The minimum atomic E-state index is 0.812. The third-order valence-electron chi connectivity index (χ3n) is 3.86. The lowest BCUT2D eigenvalue weighted by molar-refractivity contribution is 0.102. The van der Waals surface area contributed by atoms with E-state index < -0.39 is 0 Å². The lowest BCUT2D eigenvalue weighted by Crippen LogP contribution is -2.23. The molecular weight excluding hydrogens is 328 g/mol. The van der Waals surface area contributed by atoms with E-state index in [9.17, 15) is 0 Å². The number of aromatic nitrogens is 1. The van der Waals surface area contributed by atoms with Crippen LogP contribution in [-0.2, 0) is 11.3 Å². The molecule has 0 aliphatic heterocycles. The van der Waals surface area contributed by atoms with E-state index in [4.69, 9.17) is 4.74 Å². The number of hydrogen-bond acceptors (Lipinski definition) is 3. The van der Waals surface area contributed by atoms with Crippen LogP contribution in [0.2, 0.25) is 0 Å². The summed E-state index contributed by atoms with van der Waals surface area (Å²) in [6.07, 6.45) is 4.57. The lowest BCUT2D eigenvalue weighted by Gasteiger charge is -2.18. The van der Waals surface area contributed by atoms with Crippen LogP contribution in [0.15, 0.2) is 34.9 Å². The number of hydrogen-bond donors (Lipinski definition) is 0. The van der Waals surface area contributed by atoms with Crippen molar-refractivity contribution < 1.29 is 4.74 Å². The monoisotopic (exact) mass is 348 g/mol. The Kier molecular flexibility index (Phi) is 4.88. The van der Waals surface area contributed by atoms with E-state index in [1.54, 1.807) is 0 Å². The molecule has 1 aromatic carbocycles. The molecule has 0 amide bonds. The van der Waals surface area contributed by atoms with E-state index in [0.29, 0.717) is 0 Å². The minimum Gasteiger partial charge on any atom is -0.380 e. The average Bonchev–Trinajstić information content (AvgIpc) is 3.27. The van der Waals surface area contributed by atoms with Crippen molar-refractivity contribution in [2.24, 2.45) is 5.92 Å².